The predicted molar refractivity (Wildman–Crippen MR) is 71.1 cm³/mol. The second-order valence-electron chi connectivity index (χ2n) is 4.19. The molecule has 3 nitrogen and oxygen atoms in total. The quantitative estimate of drug-likeness (QED) is 0.901. The molecule has 0 saturated carbocycles. The van der Waals surface area contributed by atoms with Crippen molar-refractivity contribution in [2.24, 2.45) is 0 Å². The van der Waals surface area contributed by atoms with E-state index >= 15 is 0 Å². The highest BCUT2D eigenvalue weighted by molar-refractivity contribution is 5.68. The molecule has 1 aromatic heterocycles. The molecular weight excluding hydrogens is 229 g/mol. The summed E-state index contributed by atoms with van der Waals surface area (Å²) in [5.74, 6) is 0.627. The Morgan fingerprint density at radius 1 is 1.22 bits per heavy atom. The van der Waals surface area contributed by atoms with Crippen molar-refractivity contribution in [2.45, 2.75) is 20.8 Å². The van der Waals surface area contributed by atoms with Crippen LogP contribution in [-0.4, -0.2) is 16.5 Å². The van der Waals surface area contributed by atoms with Crippen molar-refractivity contribution in [3.05, 3.63) is 41.5 Å². The number of benzene rings is 1. The zero-order valence-electron chi connectivity index (χ0n) is 10.8. The van der Waals surface area contributed by atoms with Gasteiger partial charge in [-0.05, 0) is 44.5 Å². The minimum atomic E-state index is -0.197. The van der Waals surface area contributed by atoms with Crippen molar-refractivity contribution in [3.63, 3.8) is 0 Å². The fourth-order valence-corrected chi connectivity index (χ4v) is 1.88. The van der Waals surface area contributed by atoms with Crippen molar-refractivity contribution in [1.82, 2.24) is 9.97 Å². The van der Waals surface area contributed by atoms with E-state index in [2.05, 4.69) is 15.3 Å². The molecule has 2 rings (SSSR count). The molecule has 0 spiro atoms. The minimum Gasteiger partial charge on any atom is -0.370 e. The van der Waals surface area contributed by atoms with Gasteiger partial charge in [0.05, 0.1) is 5.69 Å². The number of hydrogen-bond donors (Lipinski definition) is 1. The van der Waals surface area contributed by atoms with E-state index in [-0.39, 0.29) is 5.82 Å². The van der Waals surface area contributed by atoms with Crippen LogP contribution in [0.15, 0.2) is 24.5 Å². The van der Waals surface area contributed by atoms with E-state index in [0.717, 1.165) is 29.2 Å². The van der Waals surface area contributed by atoms with Crippen molar-refractivity contribution in [3.8, 4) is 11.3 Å². The number of nitrogens with one attached hydrogen (secondary N) is 1. The SMILES string of the molecule is CCNc1ncnc(-c2ccc(F)c(C)c2)c1C. The molecule has 1 aromatic carbocycles. The first-order chi connectivity index (χ1) is 8.63. The van der Waals surface area contributed by atoms with Crippen LogP contribution in [0.5, 0.6) is 0 Å². The summed E-state index contributed by atoms with van der Waals surface area (Å²) in [6.45, 7) is 6.54. The Hall–Kier alpha value is -1.97. The molecule has 4 heteroatoms. The van der Waals surface area contributed by atoms with E-state index in [1.807, 2.05) is 13.8 Å². The molecule has 0 aliphatic heterocycles. The van der Waals surface area contributed by atoms with E-state index in [4.69, 9.17) is 0 Å². The fraction of sp³-hybridized carbons (Fsp3) is 0.286. The standard InChI is InChI=1S/C14H16FN3/c1-4-16-14-10(3)13(17-8-18-14)11-5-6-12(15)9(2)7-11/h5-8H,4H2,1-3H3,(H,16,17,18). The second kappa shape index (κ2) is 5.12. The zero-order chi connectivity index (χ0) is 13.1. The van der Waals surface area contributed by atoms with Crippen LogP contribution in [-0.2, 0) is 0 Å². The number of aromatic nitrogens is 2. The van der Waals surface area contributed by atoms with Gasteiger partial charge >= 0.3 is 0 Å². The monoisotopic (exact) mass is 245 g/mol. The van der Waals surface area contributed by atoms with Gasteiger partial charge in [-0.2, -0.15) is 0 Å². The number of aryl methyl sites for hydroxylation is 1. The van der Waals surface area contributed by atoms with Gasteiger partial charge in [-0.1, -0.05) is 0 Å². The first-order valence-corrected chi connectivity index (χ1v) is 5.95. The van der Waals surface area contributed by atoms with Gasteiger partial charge in [0.25, 0.3) is 0 Å². The van der Waals surface area contributed by atoms with Crippen molar-refractivity contribution < 1.29 is 4.39 Å². The van der Waals surface area contributed by atoms with Gasteiger partial charge in [0.1, 0.15) is 18.0 Å². The predicted octanol–water partition coefficient (Wildman–Crippen LogP) is 3.33. The summed E-state index contributed by atoms with van der Waals surface area (Å²) in [5, 5.41) is 3.19. The molecule has 0 fully saturated rings. The number of anilines is 1. The highest BCUT2D eigenvalue weighted by Gasteiger charge is 2.09. The molecule has 94 valence electrons. The third kappa shape index (κ3) is 2.32. The molecule has 0 atom stereocenters. The van der Waals surface area contributed by atoms with E-state index in [1.54, 1.807) is 19.1 Å². The number of rotatable bonds is 3. The highest BCUT2D eigenvalue weighted by atomic mass is 19.1. The molecular formula is C14H16FN3. The lowest BCUT2D eigenvalue weighted by molar-refractivity contribution is 0.618. The van der Waals surface area contributed by atoms with Gasteiger partial charge in [0, 0.05) is 17.7 Å². The maximum absolute atomic E-state index is 13.3. The van der Waals surface area contributed by atoms with Gasteiger partial charge < -0.3 is 5.32 Å². The summed E-state index contributed by atoms with van der Waals surface area (Å²) in [4.78, 5) is 8.49. The Morgan fingerprint density at radius 3 is 2.67 bits per heavy atom. The highest BCUT2D eigenvalue weighted by Crippen LogP contribution is 2.26. The first kappa shape index (κ1) is 12.5. The Kier molecular flexibility index (Phi) is 3.55. The van der Waals surface area contributed by atoms with E-state index in [9.17, 15) is 4.39 Å². The van der Waals surface area contributed by atoms with Crippen LogP contribution in [0.25, 0.3) is 11.3 Å². The lowest BCUT2D eigenvalue weighted by atomic mass is 10.0. The first-order valence-electron chi connectivity index (χ1n) is 5.95. The maximum Gasteiger partial charge on any atom is 0.132 e. The van der Waals surface area contributed by atoms with Crippen LogP contribution in [0.3, 0.4) is 0 Å². The molecule has 2 aromatic rings. The van der Waals surface area contributed by atoms with Crippen LogP contribution in [0.2, 0.25) is 0 Å². The fourth-order valence-electron chi connectivity index (χ4n) is 1.88. The number of halogens is 1. The number of nitrogens with zero attached hydrogens (tertiary/aromatic N) is 2. The average Bonchev–Trinajstić information content (AvgIpc) is 2.36. The zero-order valence-corrected chi connectivity index (χ0v) is 10.8. The summed E-state index contributed by atoms with van der Waals surface area (Å²) >= 11 is 0. The average molecular weight is 245 g/mol. The Bertz CT molecular complexity index is 567. The van der Waals surface area contributed by atoms with Crippen LogP contribution in [0.4, 0.5) is 10.2 Å². The molecule has 0 aliphatic carbocycles. The van der Waals surface area contributed by atoms with Gasteiger partial charge in [-0.15, -0.1) is 0 Å². The summed E-state index contributed by atoms with van der Waals surface area (Å²) in [6.07, 6.45) is 1.53. The van der Waals surface area contributed by atoms with E-state index < -0.39 is 0 Å². The third-order valence-corrected chi connectivity index (χ3v) is 2.86. The largest absolute Gasteiger partial charge is 0.370 e. The normalized spacial score (nSPS) is 10.4. The Morgan fingerprint density at radius 2 is 2.00 bits per heavy atom. The van der Waals surface area contributed by atoms with Gasteiger partial charge in [-0.3, -0.25) is 0 Å². The van der Waals surface area contributed by atoms with Crippen LogP contribution >= 0.6 is 0 Å². The Labute approximate surface area is 106 Å². The minimum absolute atomic E-state index is 0.197. The second-order valence-corrected chi connectivity index (χ2v) is 4.19. The molecule has 18 heavy (non-hydrogen) atoms. The van der Waals surface area contributed by atoms with Gasteiger partial charge in [-0.25, -0.2) is 14.4 Å². The van der Waals surface area contributed by atoms with Crippen molar-refractivity contribution in [2.75, 3.05) is 11.9 Å². The maximum atomic E-state index is 13.3. The van der Waals surface area contributed by atoms with E-state index in [1.165, 1.54) is 12.4 Å². The van der Waals surface area contributed by atoms with Crippen LogP contribution in [0, 0.1) is 19.7 Å². The molecule has 1 heterocycles. The summed E-state index contributed by atoms with van der Waals surface area (Å²) in [5.41, 5.74) is 3.35. The van der Waals surface area contributed by atoms with E-state index in [0.29, 0.717) is 5.56 Å². The molecule has 0 bridgehead atoms. The number of hydrogen-bond acceptors (Lipinski definition) is 3. The third-order valence-electron chi connectivity index (χ3n) is 2.86. The van der Waals surface area contributed by atoms with Crippen LogP contribution < -0.4 is 5.32 Å². The molecule has 1 N–H and O–H groups in total. The lowest BCUT2D eigenvalue weighted by Gasteiger charge is -2.10. The summed E-state index contributed by atoms with van der Waals surface area (Å²) in [6, 6.07) is 5.02. The van der Waals surface area contributed by atoms with Crippen molar-refractivity contribution >= 4 is 5.82 Å². The Balaban J connectivity index is 2.50. The van der Waals surface area contributed by atoms with Gasteiger partial charge in [0.15, 0.2) is 0 Å². The van der Waals surface area contributed by atoms with Crippen molar-refractivity contribution in [1.29, 1.82) is 0 Å². The molecule has 0 saturated heterocycles. The summed E-state index contributed by atoms with van der Waals surface area (Å²) in [7, 11) is 0. The van der Waals surface area contributed by atoms with Gasteiger partial charge in [0.2, 0.25) is 0 Å². The molecule has 0 unspecified atom stereocenters. The summed E-state index contributed by atoms with van der Waals surface area (Å²) < 4.78 is 13.3. The molecule has 0 radical (unpaired) electrons. The lowest BCUT2D eigenvalue weighted by Crippen LogP contribution is -2.03. The van der Waals surface area contributed by atoms with Crippen LogP contribution in [0.1, 0.15) is 18.1 Å². The smallest absolute Gasteiger partial charge is 0.132 e. The molecule has 0 amide bonds. The molecule has 0 aliphatic rings. The topological polar surface area (TPSA) is 37.8 Å².